The van der Waals surface area contributed by atoms with Gasteiger partial charge in [-0.3, -0.25) is 0 Å². The predicted octanol–water partition coefficient (Wildman–Crippen LogP) is 3.71. The molecule has 0 spiro atoms. The summed E-state index contributed by atoms with van der Waals surface area (Å²) >= 11 is 0. The van der Waals surface area contributed by atoms with Crippen LogP contribution in [0.25, 0.3) is 0 Å². The Labute approximate surface area is 127 Å². The lowest BCUT2D eigenvalue weighted by Crippen LogP contribution is -3.10. The Morgan fingerprint density at radius 2 is 1.81 bits per heavy atom. The summed E-state index contributed by atoms with van der Waals surface area (Å²) in [6, 6.07) is -0.264. The molecule has 0 fully saturated rings. The standard InChI is InChI=1S/C18H27NO2/c1-2-3-4-5-6-7-8-11-15-14-18(20)16-12-9-10-13-17(16)19(15)21/h9-10,12-14,17,19-20H,2-8,11H2,1H3. The Balaban J connectivity index is 1.79. The largest absolute Gasteiger partial charge is 0.628 e. The number of nitrogens with one attached hydrogen (secondary N) is 1. The monoisotopic (exact) mass is 289 g/mol. The number of aliphatic hydroxyl groups excluding tert-OH is 1. The summed E-state index contributed by atoms with van der Waals surface area (Å²) in [5.74, 6) is 0.262. The van der Waals surface area contributed by atoms with Gasteiger partial charge in [0.25, 0.3) is 0 Å². The predicted molar refractivity (Wildman–Crippen MR) is 86.7 cm³/mol. The van der Waals surface area contributed by atoms with E-state index in [9.17, 15) is 10.3 Å². The molecule has 1 heterocycles. The van der Waals surface area contributed by atoms with E-state index >= 15 is 0 Å². The van der Waals surface area contributed by atoms with Gasteiger partial charge in [-0.25, -0.2) is 0 Å². The summed E-state index contributed by atoms with van der Waals surface area (Å²) in [7, 11) is 0. The molecule has 3 nitrogen and oxygen atoms in total. The summed E-state index contributed by atoms with van der Waals surface area (Å²) in [6.45, 7) is 2.23. The number of unbranched alkanes of at least 4 members (excludes halogenated alkanes) is 6. The topological polar surface area (TPSA) is 47.7 Å². The normalized spacial score (nSPS) is 24.2. The van der Waals surface area contributed by atoms with E-state index in [4.69, 9.17) is 0 Å². The number of allylic oxidation sites excluding steroid dienone is 4. The van der Waals surface area contributed by atoms with E-state index in [1.54, 1.807) is 6.08 Å². The van der Waals surface area contributed by atoms with Crippen molar-refractivity contribution < 1.29 is 10.2 Å². The highest BCUT2D eigenvalue weighted by Crippen LogP contribution is 2.20. The van der Waals surface area contributed by atoms with Crippen LogP contribution in [0.15, 0.2) is 47.4 Å². The lowest BCUT2D eigenvalue weighted by molar-refractivity contribution is -0.823. The number of rotatable bonds is 8. The molecule has 0 bridgehead atoms. The summed E-state index contributed by atoms with van der Waals surface area (Å²) in [5.41, 5.74) is 1.53. The Bertz CT molecular complexity index is 460. The molecule has 116 valence electrons. The molecule has 0 radical (unpaired) electrons. The van der Waals surface area contributed by atoms with Crippen LogP contribution >= 0.6 is 0 Å². The number of hydrogen-bond acceptors (Lipinski definition) is 2. The Morgan fingerprint density at radius 1 is 1.10 bits per heavy atom. The van der Waals surface area contributed by atoms with Gasteiger partial charge < -0.3 is 15.4 Å². The molecule has 2 N–H and O–H groups in total. The SMILES string of the molecule is CCCCCCCCCC1=CC(O)=C2C=CC=CC2[NH+]1[O-]. The first-order chi connectivity index (χ1) is 10.2. The van der Waals surface area contributed by atoms with Crippen molar-refractivity contribution in [2.75, 3.05) is 0 Å². The van der Waals surface area contributed by atoms with Gasteiger partial charge in [0.05, 0.1) is 5.57 Å². The molecule has 2 unspecified atom stereocenters. The van der Waals surface area contributed by atoms with Gasteiger partial charge in [0.1, 0.15) is 17.5 Å². The molecule has 2 atom stereocenters. The molecular formula is C18H27NO2. The van der Waals surface area contributed by atoms with Gasteiger partial charge in [0.15, 0.2) is 0 Å². The van der Waals surface area contributed by atoms with Crippen molar-refractivity contribution in [2.24, 2.45) is 0 Å². The molecule has 0 aromatic heterocycles. The molecule has 2 aliphatic rings. The second kappa shape index (κ2) is 8.20. The van der Waals surface area contributed by atoms with Gasteiger partial charge >= 0.3 is 0 Å². The van der Waals surface area contributed by atoms with Crippen LogP contribution in [-0.4, -0.2) is 11.1 Å². The van der Waals surface area contributed by atoms with Crippen LogP contribution in [0.3, 0.4) is 0 Å². The van der Waals surface area contributed by atoms with Crippen molar-refractivity contribution in [2.45, 2.75) is 64.3 Å². The van der Waals surface area contributed by atoms with E-state index < -0.39 is 0 Å². The number of hydroxylamine groups is 2. The molecule has 2 rings (SSSR count). The van der Waals surface area contributed by atoms with E-state index in [1.165, 1.54) is 38.5 Å². The zero-order valence-corrected chi connectivity index (χ0v) is 13.0. The van der Waals surface area contributed by atoms with Crippen LogP contribution in [0, 0.1) is 5.21 Å². The molecule has 21 heavy (non-hydrogen) atoms. The fourth-order valence-corrected chi connectivity index (χ4v) is 3.00. The fourth-order valence-electron chi connectivity index (χ4n) is 3.00. The number of quaternary nitrogens is 1. The summed E-state index contributed by atoms with van der Waals surface area (Å²) < 4.78 is 0. The maximum absolute atomic E-state index is 12.4. The molecule has 0 aromatic rings. The first-order valence-electron chi connectivity index (χ1n) is 8.27. The van der Waals surface area contributed by atoms with Crippen LogP contribution in [0.5, 0.6) is 0 Å². The van der Waals surface area contributed by atoms with Crippen LogP contribution in [0.1, 0.15) is 58.3 Å². The van der Waals surface area contributed by atoms with Crippen molar-refractivity contribution in [3.8, 4) is 0 Å². The second-order valence-corrected chi connectivity index (χ2v) is 5.97. The number of hydrogen-bond donors (Lipinski definition) is 2. The van der Waals surface area contributed by atoms with E-state index in [2.05, 4.69) is 6.92 Å². The average Bonchev–Trinajstić information content (AvgIpc) is 2.51. The highest BCUT2D eigenvalue weighted by Gasteiger charge is 2.28. The van der Waals surface area contributed by atoms with Gasteiger partial charge in [-0.2, -0.15) is 0 Å². The molecule has 1 aliphatic carbocycles. The quantitative estimate of drug-likeness (QED) is 0.528. The van der Waals surface area contributed by atoms with Gasteiger partial charge in [-0.15, -0.1) is 0 Å². The maximum atomic E-state index is 12.4. The minimum absolute atomic E-state index is 0.161. The van der Waals surface area contributed by atoms with E-state index in [-0.39, 0.29) is 16.9 Å². The number of aliphatic hydroxyl groups is 1. The molecule has 0 saturated heterocycles. The third kappa shape index (κ3) is 4.32. The van der Waals surface area contributed by atoms with Gasteiger partial charge in [0.2, 0.25) is 0 Å². The fraction of sp³-hybridized carbons (Fsp3) is 0.556. The Kier molecular flexibility index (Phi) is 6.27. The Morgan fingerprint density at radius 3 is 2.57 bits per heavy atom. The average molecular weight is 289 g/mol. The molecule has 0 saturated carbocycles. The zero-order chi connectivity index (χ0) is 15.1. The van der Waals surface area contributed by atoms with Crippen molar-refractivity contribution in [3.63, 3.8) is 0 Å². The van der Waals surface area contributed by atoms with Crippen molar-refractivity contribution in [1.82, 2.24) is 0 Å². The van der Waals surface area contributed by atoms with Crippen molar-refractivity contribution >= 4 is 0 Å². The highest BCUT2D eigenvalue weighted by molar-refractivity contribution is 5.41. The van der Waals surface area contributed by atoms with Crippen molar-refractivity contribution in [3.05, 3.63) is 52.6 Å². The van der Waals surface area contributed by atoms with Crippen LogP contribution < -0.4 is 5.06 Å². The molecule has 0 amide bonds. The second-order valence-electron chi connectivity index (χ2n) is 5.97. The van der Waals surface area contributed by atoms with Gasteiger partial charge in [-0.05, 0) is 18.6 Å². The van der Waals surface area contributed by atoms with Crippen LogP contribution in [0.2, 0.25) is 0 Å². The lowest BCUT2D eigenvalue weighted by Gasteiger charge is -2.35. The zero-order valence-electron chi connectivity index (χ0n) is 13.0. The summed E-state index contributed by atoms with van der Waals surface area (Å²) in [4.78, 5) is 0. The third-order valence-corrected chi connectivity index (χ3v) is 4.28. The van der Waals surface area contributed by atoms with Crippen molar-refractivity contribution in [1.29, 1.82) is 0 Å². The summed E-state index contributed by atoms with van der Waals surface area (Å²) in [5, 5.41) is 22.6. The molecule has 0 aromatic carbocycles. The first-order valence-corrected chi connectivity index (χ1v) is 8.27. The molecule has 1 aliphatic heterocycles. The molecular weight excluding hydrogens is 262 g/mol. The van der Waals surface area contributed by atoms with E-state index in [1.807, 2.05) is 24.3 Å². The van der Waals surface area contributed by atoms with Crippen LogP contribution in [-0.2, 0) is 0 Å². The first kappa shape index (κ1) is 16.1. The van der Waals surface area contributed by atoms with E-state index in [0.29, 0.717) is 0 Å². The maximum Gasteiger partial charge on any atom is 0.140 e. The van der Waals surface area contributed by atoms with E-state index in [0.717, 1.165) is 24.1 Å². The Hall–Kier alpha value is -1.32. The summed E-state index contributed by atoms with van der Waals surface area (Å²) in [6.07, 6.45) is 18.6. The molecule has 3 heteroatoms. The highest BCUT2D eigenvalue weighted by atomic mass is 16.5. The number of fused-ring (bicyclic) bond motifs is 1. The lowest BCUT2D eigenvalue weighted by atomic mass is 9.95. The van der Waals surface area contributed by atoms with Gasteiger partial charge in [0, 0.05) is 12.5 Å². The van der Waals surface area contributed by atoms with Crippen LogP contribution in [0.4, 0.5) is 0 Å². The van der Waals surface area contributed by atoms with Gasteiger partial charge in [-0.1, -0.05) is 57.6 Å². The smallest absolute Gasteiger partial charge is 0.140 e. The minimum Gasteiger partial charge on any atom is -0.628 e. The minimum atomic E-state index is -0.264. The third-order valence-electron chi connectivity index (χ3n) is 4.28.